The van der Waals surface area contributed by atoms with E-state index in [2.05, 4.69) is 67.7 Å². The van der Waals surface area contributed by atoms with Crippen LogP contribution in [0.2, 0.25) is 13.1 Å². The predicted molar refractivity (Wildman–Crippen MR) is 105 cm³/mol. The summed E-state index contributed by atoms with van der Waals surface area (Å²) in [5.74, 6) is 0. The fourth-order valence-corrected chi connectivity index (χ4v) is 7.89. The Hall–Kier alpha value is -1.31. The third kappa shape index (κ3) is 2.25. The zero-order valence-corrected chi connectivity index (χ0v) is 15.7. The van der Waals surface area contributed by atoms with Crippen molar-refractivity contribution in [1.82, 2.24) is 0 Å². The number of hydrogen-bond donors (Lipinski definition) is 0. The van der Waals surface area contributed by atoms with E-state index >= 15 is 0 Å². The van der Waals surface area contributed by atoms with Crippen LogP contribution in [0.4, 0.5) is 0 Å². The van der Waals surface area contributed by atoms with Gasteiger partial charge in [0.25, 0.3) is 0 Å². The van der Waals surface area contributed by atoms with Crippen LogP contribution in [0.15, 0.2) is 54.6 Å². The van der Waals surface area contributed by atoms with Crippen molar-refractivity contribution in [3.63, 3.8) is 0 Å². The van der Waals surface area contributed by atoms with Crippen LogP contribution in [0.3, 0.4) is 0 Å². The lowest BCUT2D eigenvalue weighted by molar-refractivity contribution is 0.616. The maximum atomic E-state index is 7.09. The first-order chi connectivity index (χ1) is 11.0. The molecule has 3 aromatic carbocycles. The Morgan fingerprint density at radius 2 is 1.48 bits per heavy atom. The molecule has 118 valence electrons. The number of benzene rings is 3. The van der Waals surface area contributed by atoms with E-state index in [4.69, 9.17) is 11.1 Å². The van der Waals surface area contributed by atoms with E-state index in [1.165, 1.54) is 52.8 Å². The molecule has 0 spiro atoms. The van der Waals surface area contributed by atoms with Crippen molar-refractivity contribution in [2.24, 2.45) is 0 Å². The first-order valence-corrected chi connectivity index (χ1v) is 12.6. The third-order valence-electron chi connectivity index (χ3n) is 5.90. The lowest BCUT2D eigenvalue weighted by Gasteiger charge is -2.39. The Labute approximate surface area is 144 Å². The van der Waals surface area contributed by atoms with Gasteiger partial charge in [-0.1, -0.05) is 80.5 Å². The second-order valence-electron chi connectivity index (χ2n) is 7.45. The molecular formula is C21H23ClSi. The fourth-order valence-electron chi connectivity index (χ4n) is 4.62. The zero-order valence-electron chi connectivity index (χ0n) is 13.9. The molecule has 2 heteroatoms. The van der Waals surface area contributed by atoms with Gasteiger partial charge in [-0.25, -0.2) is 0 Å². The standard InChI is InChI=1S/C21H23ClSi/c1-23(2,22)21(14-5-6-15-21)20-11-7-10-18-17-9-4-3-8-16(17)12-13-19(18)20/h3-4,7-13H,5-6,14-15H2,1-2H3. The Kier molecular flexibility index (Phi) is 3.55. The molecule has 23 heavy (non-hydrogen) atoms. The molecule has 0 radical (unpaired) electrons. The molecule has 0 heterocycles. The smallest absolute Gasteiger partial charge is 0.160 e. The van der Waals surface area contributed by atoms with Crippen LogP contribution in [0.1, 0.15) is 31.2 Å². The van der Waals surface area contributed by atoms with E-state index in [0.717, 1.165) is 0 Å². The van der Waals surface area contributed by atoms with Crippen molar-refractivity contribution < 1.29 is 0 Å². The monoisotopic (exact) mass is 338 g/mol. The molecule has 3 aromatic rings. The highest BCUT2D eigenvalue weighted by atomic mass is 35.6. The minimum Gasteiger partial charge on any atom is -0.167 e. The minimum atomic E-state index is -1.83. The summed E-state index contributed by atoms with van der Waals surface area (Å²) in [4.78, 5) is 0. The van der Waals surface area contributed by atoms with Crippen LogP contribution >= 0.6 is 11.1 Å². The molecule has 0 aromatic heterocycles. The molecule has 0 unspecified atom stereocenters. The highest BCUT2D eigenvalue weighted by Crippen LogP contribution is 2.51. The van der Waals surface area contributed by atoms with Crippen LogP contribution in [-0.2, 0) is 5.04 Å². The minimum absolute atomic E-state index is 0.219. The summed E-state index contributed by atoms with van der Waals surface area (Å²) in [7, 11) is -1.83. The SMILES string of the molecule is C[Si](C)(Cl)C1(c2cccc3c2ccc2ccccc23)CCCC1. The van der Waals surface area contributed by atoms with E-state index in [0.29, 0.717) is 0 Å². The summed E-state index contributed by atoms with van der Waals surface area (Å²) in [6, 6.07) is 20.1. The van der Waals surface area contributed by atoms with Gasteiger partial charge in [0.1, 0.15) is 0 Å². The number of hydrogen-bond acceptors (Lipinski definition) is 0. The molecule has 1 aliphatic carbocycles. The predicted octanol–water partition coefficient (Wildman–Crippen LogP) is 6.79. The Balaban J connectivity index is 2.06. The normalized spacial score (nSPS) is 17.9. The molecule has 0 bridgehead atoms. The van der Waals surface area contributed by atoms with Crippen LogP contribution in [-0.4, -0.2) is 7.38 Å². The summed E-state index contributed by atoms with van der Waals surface area (Å²) in [6.07, 6.45) is 5.13. The molecule has 1 saturated carbocycles. The second kappa shape index (κ2) is 5.36. The van der Waals surface area contributed by atoms with E-state index in [-0.39, 0.29) is 5.04 Å². The number of rotatable bonds is 2. The van der Waals surface area contributed by atoms with E-state index in [9.17, 15) is 0 Å². The van der Waals surface area contributed by atoms with Crippen molar-refractivity contribution in [1.29, 1.82) is 0 Å². The summed E-state index contributed by atoms with van der Waals surface area (Å²) in [5, 5.41) is 5.68. The Bertz CT molecular complexity index is 870. The molecule has 0 aliphatic heterocycles. The van der Waals surface area contributed by atoms with E-state index in [1.807, 2.05) is 0 Å². The number of fused-ring (bicyclic) bond motifs is 3. The highest BCUT2D eigenvalue weighted by Gasteiger charge is 2.49. The molecule has 1 fully saturated rings. The Morgan fingerprint density at radius 1 is 0.783 bits per heavy atom. The van der Waals surface area contributed by atoms with Crippen LogP contribution in [0, 0.1) is 0 Å². The average molecular weight is 339 g/mol. The lowest BCUT2D eigenvalue weighted by atomic mass is 9.89. The van der Waals surface area contributed by atoms with Crippen molar-refractivity contribution in [3.05, 3.63) is 60.2 Å². The molecule has 0 saturated heterocycles. The lowest BCUT2D eigenvalue weighted by Crippen LogP contribution is -2.45. The molecule has 0 atom stereocenters. The second-order valence-corrected chi connectivity index (χ2v) is 14.2. The topological polar surface area (TPSA) is 0 Å². The molecule has 0 amide bonds. The van der Waals surface area contributed by atoms with Gasteiger partial charge in [0.2, 0.25) is 0 Å². The number of halogens is 1. The van der Waals surface area contributed by atoms with E-state index in [1.54, 1.807) is 0 Å². The first-order valence-electron chi connectivity index (χ1n) is 8.63. The van der Waals surface area contributed by atoms with Crippen molar-refractivity contribution >= 4 is 40.0 Å². The molecule has 0 N–H and O–H groups in total. The van der Waals surface area contributed by atoms with Gasteiger partial charge in [0.15, 0.2) is 7.38 Å². The summed E-state index contributed by atoms with van der Waals surface area (Å²) >= 11 is 7.09. The summed E-state index contributed by atoms with van der Waals surface area (Å²) in [6.45, 7) is 4.67. The summed E-state index contributed by atoms with van der Waals surface area (Å²) < 4.78 is 0. The molecular weight excluding hydrogens is 316 g/mol. The maximum Gasteiger partial charge on any atom is 0.160 e. The van der Waals surface area contributed by atoms with Crippen molar-refractivity contribution in [2.75, 3.05) is 0 Å². The zero-order chi connectivity index (χ0) is 16.1. The van der Waals surface area contributed by atoms with Gasteiger partial charge in [0, 0.05) is 5.04 Å². The van der Waals surface area contributed by atoms with Gasteiger partial charge in [0.05, 0.1) is 0 Å². The molecule has 4 rings (SSSR count). The van der Waals surface area contributed by atoms with Crippen molar-refractivity contribution in [3.8, 4) is 0 Å². The van der Waals surface area contributed by atoms with Gasteiger partial charge in [-0.15, -0.1) is 0 Å². The van der Waals surface area contributed by atoms with Crippen molar-refractivity contribution in [2.45, 2.75) is 43.8 Å². The van der Waals surface area contributed by atoms with Gasteiger partial charge in [-0.05, 0) is 39.9 Å². The Morgan fingerprint density at radius 3 is 2.22 bits per heavy atom. The maximum absolute atomic E-state index is 7.09. The van der Waals surface area contributed by atoms with Crippen LogP contribution < -0.4 is 0 Å². The average Bonchev–Trinajstić information content (AvgIpc) is 3.05. The van der Waals surface area contributed by atoms with Gasteiger partial charge < -0.3 is 0 Å². The largest absolute Gasteiger partial charge is 0.167 e. The van der Waals surface area contributed by atoms with Gasteiger partial charge in [-0.2, -0.15) is 11.1 Å². The van der Waals surface area contributed by atoms with Crippen LogP contribution in [0.25, 0.3) is 21.5 Å². The molecule has 0 nitrogen and oxygen atoms in total. The van der Waals surface area contributed by atoms with Gasteiger partial charge >= 0.3 is 0 Å². The van der Waals surface area contributed by atoms with Crippen LogP contribution in [0.5, 0.6) is 0 Å². The summed E-state index contributed by atoms with van der Waals surface area (Å²) in [5.41, 5.74) is 1.50. The quantitative estimate of drug-likeness (QED) is 0.274. The molecule has 1 aliphatic rings. The van der Waals surface area contributed by atoms with E-state index < -0.39 is 7.38 Å². The fraction of sp³-hybridized carbons (Fsp3) is 0.333. The van der Waals surface area contributed by atoms with Gasteiger partial charge in [-0.3, -0.25) is 0 Å². The highest BCUT2D eigenvalue weighted by molar-refractivity contribution is 7.20. The first kappa shape index (κ1) is 15.2. The third-order valence-corrected chi connectivity index (χ3v) is 10.0.